The number of nitrogens with one attached hydrogen (secondary N) is 2. The minimum atomic E-state index is -1.80. The SMILES string of the molecule is CC(O)(CNCc1csc(=O)[nH]1)C(=O)O. The van der Waals surface area contributed by atoms with E-state index in [0.717, 1.165) is 11.3 Å². The molecule has 0 bridgehead atoms. The van der Waals surface area contributed by atoms with E-state index in [9.17, 15) is 14.7 Å². The minimum Gasteiger partial charge on any atom is -0.479 e. The van der Waals surface area contributed by atoms with Gasteiger partial charge in [-0.05, 0) is 6.92 Å². The molecule has 0 fully saturated rings. The standard InChI is InChI=1S/C8H12N2O4S/c1-8(14,6(11)12)4-9-2-5-3-15-7(13)10-5/h3,9,14H,2,4H2,1H3,(H,10,13)(H,11,12). The molecule has 4 N–H and O–H groups in total. The second-order valence-corrected chi connectivity index (χ2v) is 4.20. The summed E-state index contributed by atoms with van der Waals surface area (Å²) in [5.41, 5.74) is -1.12. The van der Waals surface area contributed by atoms with Crippen molar-refractivity contribution < 1.29 is 15.0 Å². The Morgan fingerprint density at radius 3 is 2.87 bits per heavy atom. The minimum absolute atomic E-state index is 0.0831. The first-order chi connectivity index (χ1) is 6.92. The number of aliphatic carboxylic acids is 1. The third kappa shape index (κ3) is 3.46. The average molecular weight is 232 g/mol. The summed E-state index contributed by atoms with van der Waals surface area (Å²) in [5, 5.41) is 22.3. The van der Waals surface area contributed by atoms with Gasteiger partial charge in [0.25, 0.3) is 0 Å². The van der Waals surface area contributed by atoms with Gasteiger partial charge in [-0.15, -0.1) is 0 Å². The number of aromatic nitrogens is 1. The topological polar surface area (TPSA) is 102 Å². The molecule has 0 saturated carbocycles. The fourth-order valence-electron chi connectivity index (χ4n) is 0.917. The van der Waals surface area contributed by atoms with Gasteiger partial charge in [0, 0.05) is 24.2 Å². The van der Waals surface area contributed by atoms with E-state index in [0.29, 0.717) is 12.2 Å². The van der Waals surface area contributed by atoms with E-state index >= 15 is 0 Å². The molecule has 1 heterocycles. The second kappa shape index (κ2) is 4.56. The first-order valence-electron chi connectivity index (χ1n) is 4.25. The van der Waals surface area contributed by atoms with Crippen LogP contribution in [0.1, 0.15) is 12.6 Å². The predicted molar refractivity (Wildman–Crippen MR) is 54.9 cm³/mol. The van der Waals surface area contributed by atoms with Crippen molar-refractivity contribution in [3.63, 3.8) is 0 Å². The van der Waals surface area contributed by atoms with Crippen molar-refractivity contribution in [3.05, 3.63) is 20.7 Å². The maximum Gasteiger partial charge on any atom is 0.336 e. The van der Waals surface area contributed by atoms with Crippen LogP contribution in [0.5, 0.6) is 0 Å². The summed E-state index contributed by atoms with van der Waals surface area (Å²) in [4.78, 5) is 23.7. The molecule has 0 radical (unpaired) electrons. The Hall–Kier alpha value is -1.18. The van der Waals surface area contributed by atoms with E-state index in [1.165, 1.54) is 6.92 Å². The molecule has 1 aromatic rings. The van der Waals surface area contributed by atoms with Gasteiger partial charge in [0.2, 0.25) is 0 Å². The maximum absolute atomic E-state index is 10.8. The molecule has 0 aliphatic heterocycles. The largest absolute Gasteiger partial charge is 0.479 e. The lowest BCUT2D eigenvalue weighted by atomic mass is 10.1. The van der Waals surface area contributed by atoms with Crippen LogP contribution >= 0.6 is 11.3 Å². The zero-order chi connectivity index (χ0) is 11.5. The Balaban J connectivity index is 2.40. The van der Waals surface area contributed by atoms with Crippen LogP contribution in [0.3, 0.4) is 0 Å². The van der Waals surface area contributed by atoms with Crippen molar-refractivity contribution in [2.75, 3.05) is 6.54 Å². The summed E-state index contributed by atoms with van der Waals surface area (Å²) in [6.07, 6.45) is 0. The number of carboxylic acids is 1. The molecule has 84 valence electrons. The second-order valence-electron chi connectivity index (χ2n) is 3.36. The van der Waals surface area contributed by atoms with Gasteiger partial charge < -0.3 is 20.5 Å². The summed E-state index contributed by atoms with van der Waals surface area (Å²) in [6, 6.07) is 0. The number of carbonyl (C=O) groups is 1. The van der Waals surface area contributed by atoms with Crippen molar-refractivity contribution >= 4 is 17.3 Å². The van der Waals surface area contributed by atoms with Crippen LogP contribution in [0.2, 0.25) is 0 Å². The van der Waals surface area contributed by atoms with E-state index in [1.54, 1.807) is 5.38 Å². The van der Waals surface area contributed by atoms with Gasteiger partial charge in [-0.3, -0.25) is 4.79 Å². The average Bonchev–Trinajstić information content (AvgIpc) is 2.51. The number of thiazole rings is 1. The molecule has 7 heteroatoms. The summed E-state index contributed by atoms with van der Waals surface area (Å²) in [6.45, 7) is 1.45. The first kappa shape index (κ1) is 11.9. The van der Waals surface area contributed by atoms with Gasteiger partial charge in [-0.2, -0.15) is 0 Å². The monoisotopic (exact) mass is 232 g/mol. The third-order valence-electron chi connectivity index (χ3n) is 1.82. The van der Waals surface area contributed by atoms with E-state index in [1.807, 2.05) is 0 Å². The van der Waals surface area contributed by atoms with Crippen molar-refractivity contribution in [2.45, 2.75) is 19.1 Å². The van der Waals surface area contributed by atoms with E-state index in [4.69, 9.17) is 5.11 Å². The highest BCUT2D eigenvalue weighted by atomic mass is 32.1. The highest BCUT2D eigenvalue weighted by molar-refractivity contribution is 7.07. The number of H-pyrrole nitrogens is 1. The zero-order valence-corrected chi connectivity index (χ0v) is 8.93. The molecule has 15 heavy (non-hydrogen) atoms. The Morgan fingerprint density at radius 2 is 2.40 bits per heavy atom. The molecule has 1 rings (SSSR count). The van der Waals surface area contributed by atoms with Gasteiger partial charge in [0.15, 0.2) is 5.60 Å². The Bertz CT molecular complexity index is 395. The number of carboxylic acid groups (broad SMARTS) is 1. The van der Waals surface area contributed by atoms with Crippen LogP contribution in [-0.4, -0.2) is 33.3 Å². The Kier molecular flexibility index (Phi) is 3.61. The maximum atomic E-state index is 10.8. The zero-order valence-electron chi connectivity index (χ0n) is 8.11. The van der Waals surface area contributed by atoms with Crippen molar-refractivity contribution in [1.82, 2.24) is 10.3 Å². The molecule has 0 amide bonds. The molecule has 0 spiro atoms. The molecule has 0 aliphatic rings. The molecule has 1 atom stereocenters. The highest BCUT2D eigenvalue weighted by Crippen LogP contribution is 2.02. The lowest BCUT2D eigenvalue weighted by molar-refractivity contribution is -0.156. The van der Waals surface area contributed by atoms with Gasteiger partial charge in [0.05, 0.1) is 0 Å². The number of hydrogen-bond donors (Lipinski definition) is 4. The summed E-state index contributed by atoms with van der Waals surface area (Å²) >= 11 is 1.04. The lowest BCUT2D eigenvalue weighted by Crippen LogP contribution is -2.44. The lowest BCUT2D eigenvalue weighted by Gasteiger charge is -2.17. The number of hydrogen-bond acceptors (Lipinski definition) is 5. The van der Waals surface area contributed by atoms with Crippen LogP contribution in [0.15, 0.2) is 10.2 Å². The van der Waals surface area contributed by atoms with Crippen LogP contribution in [0, 0.1) is 0 Å². The molecule has 0 aromatic carbocycles. The van der Waals surface area contributed by atoms with Gasteiger partial charge in [-0.1, -0.05) is 11.3 Å². The van der Waals surface area contributed by atoms with E-state index < -0.39 is 11.6 Å². The molecular formula is C8H12N2O4S. The Morgan fingerprint density at radius 1 is 1.73 bits per heavy atom. The molecule has 0 saturated heterocycles. The first-order valence-corrected chi connectivity index (χ1v) is 5.13. The normalized spacial score (nSPS) is 14.8. The smallest absolute Gasteiger partial charge is 0.336 e. The number of aliphatic hydroxyl groups is 1. The third-order valence-corrected chi connectivity index (χ3v) is 2.53. The fourth-order valence-corrected chi connectivity index (χ4v) is 1.50. The van der Waals surface area contributed by atoms with Crippen molar-refractivity contribution in [2.24, 2.45) is 0 Å². The number of aromatic amines is 1. The van der Waals surface area contributed by atoms with Crippen LogP contribution in [-0.2, 0) is 11.3 Å². The van der Waals surface area contributed by atoms with Gasteiger partial charge >= 0.3 is 10.8 Å². The molecule has 1 aromatic heterocycles. The molecular weight excluding hydrogens is 220 g/mol. The quantitative estimate of drug-likeness (QED) is 0.541. The summed E-state index contributed by atoms with van der Waals surface area (Å²) in [5.74, 6) is -1.28. The van der Waals surface area contributed by atoms with Crippen molar-refractivity contribution in [3.8, 4) is 0 Å². The molecule has 0 aliphatic carbocycles. The highest BCUT2D eigenvalue weighted by Gasteiger charge is 2.28. The van der Waals surface area contributed by atoms with Crippen LogP contribution in [0.4, 0.5) is 0 Å². The predicted octanol–water partition coefficient (Wildman–Crippen LogP) is -0.638. The van der Waals surface area contributed by atoms with Gasteiger partial charge in [0.1, 0.15) is 0 Å². The summed E-state index contributed by atoms with van der Waals surface area (Å²) in [7, 11) is 0. The number of rotatable bonds is 5. The van der Waals surface area contributed by atoms with Crippen LogP contribution in [0.25, 0.3) is 0 Å². The van der Waals surface area contributed by atoms with Crippen LogP contribution < -0.4 is 10.2 Å². The van der Waals surface area contributed by atoms with Crippen molar-refractivity contribution in [1.29, 1.82) is 0 Å². The van der Waals surface area contributed by atoms with E-state index in [2.05, 4.69) is 10.3 Å². The van der Waals surface area contributed by atoms with E-state index in [-0.39, 0.29) is 11.4 Å². The van der Waals surface area contributed by atoms with Gasteiger partial charge in [-0.25, -0.2) is 4.79 Å². The summed E-state index contributed by atoms with van der Waals surface area (Å²) < 4.78 is 0. The fraction of sp³-hybridized carbons (Fsp3) is 0.500. The molecule has 6 nitrogen and oxygen atoms in total. The Labute approximate surface area is 89.6 Å². The molecule has 1 unspecified atom stereocenters.